The van der Waals surface area contributed by atoms with Crippen molar-refractivity contribution in [2.75, 3.05) is 0 Å². The van der Waals surface area contributed by atoms with E-state index in [-0.39, 0.29) is 12.0 Å². The van der Waals surface area contributed by atoms with Gasteiger partial charge in [0.25, 0.3) is 0 Å². The fourth-order valence-corrected chi connectivity index (χ4v) is 4.60. The van der Waals surface area contributed by atoms with Crippen molar-refractivity contribution in [2.45, 2.75) is 64.3 Å². The topological polar surface area (TPSA) is 27.0 Å². The fraction of sp³-hybridized carbons (Fsp3) is 0.367. The predicted octanol–water partition coefficient (Wildman–Crippen LogP) is 7.99. The summed E-state index contributed by atoms with van der Waals surface area (Å²) in [7, 11) is 0. The molecule has 0 saturated heterocycles. The van der Waals surface area contributed by atoms with Gasteiger partial charge in [0.1, 0.15) is 0 Å². The molecule has 0 amide bonds. The van der Waals surface area contributed by atoms with E-state index in [1.54, 1.807) is 0 Å². The highest BCUT2D eigenvalue weighted by Crippen LogP contribution is 2.39. The third-order valence-electron chi connectivity index (χ3n) is 6.95. The molecule has 0 spiro atoms. The Bertz CT molecular complexity index is 1040. The first-order chi connectivity index (χ1) is 16.7. The zero-order valence-electron chi connectivity index (χ0n) is 20.6. The van der Waals surface area contributed by atoms with Crippen molar-refractivity contribution >= 4 is 0 Å². The Morgan fingerprint density at radius 3 is 1.60 bits per heavy atom. The van der Waals surface area contributed by atoms with Crippen LogP contribution >= 0.6 is 0 Å². The van der Waals surface area contributed by atoms with Crippen molar-refractivity contribution in [2.24, 2.45) is 5.92 Å². The van der Waals surface area contributed by atoms with Gasteiger partial charge in [0.15, 0.2) is 0 Å². The maximum Gasteiger partial charge on any atom is 0.416 e. The fourth-order valence-electron chi connectivity index (χ4n) is 4.60. The van der Waals surface area contributed by atoms with Crippen LogP contribution in [0.3, 0.4) is 0 Å². The van der Waals surface area contributed by atoms with Crippen LogP contribution in [0, 0.1) is 17.2 Å². The van der Waals surface area contributed by atoms with Gasteiger partial charge < -0.3 is 0 Å². The minimum atomic E-state index is -4.39. The minimum absolute atomic E-state index is 0.0480. The average molecular weight is 479 g/mol. The molecule has 0 heterocycles. The van der Waals surface area contributed by atoms with E-state index in [2.05, 4.69) is 42.2 Å². The Morgan fingerprint density at radius 1 is 0.743 bits per heavy atom. The molecule has 0 N–H and O–H groups in total. The SMILES string of the molecule is CC(CCC(C#N)(c1ccc(C(F)(F)F)cc1)C(C)C)N(Cc1ccccc1)Cc1ccccc1. The lowest BCUT2D eigenvalue weighted by Gasteiger charge is -2.35. The van der Waals surface area contributed by atoms with Gasteiger partial charge >= 0.3 is 6.18 Å². The average Bonchev–Trinajstić information content (AvgIpc) is 2.85. The molecule has 0 aliphatic rings. The van der Waals surface area contributed by atoms with Crippen molar-refractivity contribution < 1.29 is 13.2 Å². The number of alkyl halides is 3. The minimum Gasteiger partial charge on any atom is -0.292 e. The molecule has 0 saturated carbocycles. The summed E-state index contributed by atoms with van der Waals surface area (Å²) in [4.78, 5) is 2.40. The van der Waals surface area contributed by atoms with Crippen LogP contribution in [0.1, 0.15) is 55.9 Å². The van der Waals surface area contributed by atoms with Gasteiger partial charge in [-0.1, -0.05) is 86.6 Å². The molecule has 0 radical (unpaired) electrons. The predicted molar refractivity (Wildman–Crippen MR) is 134 cm³/mol. The first-order valence-corrected chi connectivity index (χ1v) is 12.1. The third kappa shape index (κ3) is 6.74. The molecule has 0 aromatic heterocycles. The Labute approximate surface area is 207 Å². The van der Waals surface area contributed by atoms with E-state index in [9.17, 15) is 18.4 Å². The Balaban J connectivity index is 1.82. The van der Waals surface area contributed by atoms with E-state index >= 15 is 0 Å². The Morgan fingerprint density at radius 2 is 1.20 bits per heavy atom. The van der Waals surface area contributed by atoms with Gasteiger partial charge in [-0.05, 0) is 54.5 Å². The number of benzene rings is 3. The van der Waals surface area contributed by atoms with Crippen LogP contribution in [-0.2, 0) is 24.7 Å². The molecule has 3 aromatic rings. The van der Waals surface area contributed by atoms with Gasteiger partial charge in [-0.3, -0.25) is 4.90 Å². The van der Waals surface area contributed by atoms with Crippen molar-refractivity contribution in [1.29, 1.82) is 5.26 Å². The van der Waals surface area contributed by atoms with Gasteiger partial charge in [-0.25, -0.2) is 0 Å². The summed E-state index contributed by atoms with van der Waals surface area (Å²) in [5.74, 6) is -0.0480. The van der Waals surface area contributed by atoms with Crippen LogP contribution in [0.25, 0.3) is 0 Å². The molecule has 3 aromatic carbocycles. The van der Waals surface area contributed by atoms with Crippen LogP contribution < -0.4 is 0 Å². The van der Waals surface area contributed by atoms with Gasteiger partial charge in [0.2, 0.25) is 0 Å². The Kier molecular flexibility index (Phi) is 8.75. The van der Waals surface area contributed by atoms with Gasteiger partial charge in [-0.2, -0.15) is 18.4 Å². The van der Waals surface area contributed by atoms with Crippen LogP contribution in [0.15, 0.2) is 84.9 Å². The van der Waals surface area contributed by atoms with Crippen LogP contribution in [-0.4, -0.2) is 10.9 Å². The summed E-state index contributed by atoms with van der Waals surface area (Å²) in [5.41, 5.74) is 1.53. The number of hydrogen-bond acceptors (Lipinski definition) is 2. The monoisotopic (exact) mass is 478 g/mol. The summed E-state index contributed by atoms with van der Waals surface area (Å²) in [5, 5.41) is 10.3. The molecule has 0 fully saturated rings. The lowest BCUT2D eigenvalue weighted by atomic mass is 9.69. The molecule has 2 nitrogen and oxygen atoms in total. The number of nitrogens with zero attached hydrogens (tertiary/aromatic N) is 2. The van der Waals surface area contributed by atoms with Crippen LogP contribution in [0.5, 0.6) is 0 Å². The summed E-state index contributed by atoms with van der Waals surface area (Å²) in [6.45, 7) is 7.66. The molecule has 0 bridgehead atoms. The molecule has 5 heteroatoms. The van der Waals surface area contributed by atoms with Gasteiger partial charge in [-0.15, -0.1) is 0 Å². The van der Waals surface area contributed by atoms with Crippen molar-refractivity contribution in [3.8, 4) is 6.07 Å². The summed E-state index contributed by atoms with van der Waals surface area (Å²) in [6, 6.07) is 28.4. The lowest BCUT2D eigenvalue weighted by molar-refractivity contribution is -0.137. The largest absolute Gasteiger partial charge is 0.416 e. The maximum atomic E-state index is 13.1. The number of hydrogen-bond donors (Lipinski definition) is 0. The molecular weight excluding hydrogens is 445 g/mol. The van der Waals surface area contributed by atoms with Crippen molar-refractivity contribution in [3.63, 3.8) is 0 Å². The standard InChI is InChI=1S/C30H33F3N2/c1-23(2)29(22-34,27-14-16-28(17-15-27)30(31,32)33)19-18-24(3)35(20-25-10-6-4-7-11-25)21-26-12-8-5-9-13-26/h4-17,23-24H,18-21H2,1-3H3. The van der Waals surface area contributed by atoms with E-state index in [0.29, 0.717) is 12.0 Å². The number of rotatable bonds is 10. The second-order valence-corrected chi connectivity index (χ2v) is 9.58. The second-order valence-electron chi connectivity index (χ2n) is 9.58. The van der Waals surface area contributed by atoms with Crippen LogP contribution in [0.4, 0.5) is 13.2 Å². The zero-order chi connectivity index (χ0) is 25.5. The quantitative estimate of drug-likeness (QED) is 0.295. The first kappa shape index (κ1) is 26.5. The third-order valence-corrected chi connectivity index (χ3v) is 6.95. The molecular formula is C30H33F3N2. The van der Waals surface area contributed by atoms with E-state index in [4.69, 9.17) is 0 Å². The van der Waals surface area contributed by atoms with Gasteiger partial charge in [0, 0.05) is 19.1 Å². The van der Waals surface area contributed by atoms with Crippen LogP contribution in [0.2, 0.25) is 0 Å². The van der Waals surface area contributed by atoms with E-state index in [0.717, 1.165) is 31.6 Å². The van der Waals surface area contributed by atoms with Crippen molar-refractivity contribution in [1.82, 2.24) is 4.90 Å². The lowest BCUT2D eigenvalue weighted by Crippen LogP contribution is -2.36. The highest BCUT2D eigenvalue weighted by molar-refractivity contribution is 5.36. The molecule has 35 heavy (non-hydrogen) atoms. The van der Waals surface area contributed by atoms with Crippen molar-refractivity contribution in [3.05, 3.63) is 107 Å². The van der Waals surface area contributed by atoms with E-state index in [1.165, 1.54) is 23.3 Å². The number of nitriles is 1. The van der Waals surface area contributed by atoms with Gasteiger partial charge in [0.05, 0.1) is 17.0 Å². The first-order valence-electron chi connectivity index (χ1n) is 12.1. The summed E-state index contributed by atoms with van der Waals surface area (Å²) in [6.07, 6.45) is -3.09. The zero-order valence-corrected chi connectivity index (χ0v) is 20.6. The van der Waals surface area contributed by atoms with E-state index in [1.807, 2.05) is 50.2 Å². The summed E-state index contributed by atoms with van der Waals surface area (Å²) >= 11 is 0. The smallest absolute Gasteiger partial charge is 0.292 e. The molecule has 2 atom stereocenters. The highest BCUT2D eigenvalue weighted by Gasteiger charge is 2.38. The molecule has 2 unspecified atom stereocenters. The molecule has 3 rings (SSSR count). The van der Waals surface area contributed by atoms with E-state index < -0.39 is 17.2 Å². The highest BCUT2D eigenvalue weighted by atomic mass is 19.4. The second kappa shape index (κ2) is 11.6. The molecule has 0 aliphatic heterocycles. The molecule has 0 aliphatic carbocycles. The summed E-state index contributed by atoms with van der Waals surface area (Å²) < 4.78 is 39.3. The Hall–Kier alpha value is -3.10. The number of halogens is 3. The normalized spacial score (nSPS) is 14.5. The maximum absolute atomic E-state index is 13.1. The molecule has 184 valence electrons.